The summed E-state index contributed by atoms with van der Waals surface area (Å²) in [5.41, 5.74) is 1.68. The van der Waals surface area contributed by atoms with Gasteiger partial charge in [0.15, 0.2) is 4.91 Å². The zero-order chi connectivity index (χ0) is 17.6. The molecular formula is C18H19NO4S. The molecule has 0 aliphatic rings. The van der Waals surface area contributed by atoms with Crippen LogP contribution in [-0.4, -0.2) is 21.5 Å². The summed E-state index contributed by atoms with van der Waals surface area (Å²) in [5, 5.41) is 2.82. The van der Waals surface area contributed by atoms with E-state index in [9.17, 15) is 13.2 Å². The quantitative estimate of drug-likeness (QED) is 0.643. The van der Waals surface area contributed by atoms with Crippen LogP contribution in [0.5, 0.6) is 0 Å². The second-order valence-electron chi connectivity index (χ2n) is 5.01. The van der Waals surface area contributed by atoms with Gasteiger partial charge in [-0.3, -0.25) is 0 Å². The topological polar surface area (TPSA) is 72.5 Å². The lowest BCUT2D eigenvalue weighted by Crippen LogP contribution is -2.17. The molecule has 0 unspecified atom stereocenters. The fraction of sp³-hybridized carbons (Fsp3) is 0.167. The molecule has 0 heterocycles. The number of hydrogen-bond donors (Lipinski definition) is 1. The standard InChI is InChI=1S/C18H19NO4S/c1-3-14-9-11-16(12-10-14)24(21,22)17(18(20)23-2)13-19-15-7-5-4-6-8-15/h4-13,19H,3H2,1-2H3. The van der Waals surface area contributed by atoms with E-state index < -0.39 is 20.7 Å². The zero-order valence-electron chi connectivity index (χ0n) is 13.5. The Kier molecular flexibility index (Phi) is 5.76. The zero-order valence-corrected chi connectivity index (χ0v) is 14.3. The Morgan fingerprint density at radius 2 is 1.71 bits per heavy atom. The first-order chi connectivity index (χ1) is 11.5. The first-order valence-corrected chi connectivity index (χ1v) is 8.91. The fourth-order valence-electron chi connectivity index (χ4n) is 2.06. The van der Waals surface area contributed by atoms with Crippen molar-refractivity contribution in [2.45, 2.75) is 18.2 Å². The van der Waals surface area contributed by atoms with E-state index in [2.05, 4.69) is 10.1 Å². The summed E-state index contributed by atoms with van der Waals surface area (Å²) in [5.74, 6) is -0.919. The van der Waals surface area contributed by atoms with Crippen molar-refractivity contribution in [3.63, 3.8) is 0 Å². The number of sulfone groups is 1. The number of aryl methyl sites for hydroxylation is 1. The molecule has 0 spiro atoms. The van der Waals surface area contributed by atoms with Crippen LogP contribution >= 0.6 is 0 Å². The highest BCUT2D eigenvalue weighted by molar-refractivity contribution is 7.96. The van der Waals surface area contributed by atoms with Crippen molar-refractivity contribution in [2.75, 3.05) is 12.4 Å². The minimum Gasteiger partial charge on any atom is -0.465 e. The van der Waals surface area contributed by atoms with Gasteiger partial charge < -0.3 is 10.1 Å². The summed E-state index contributed by atoms with van der Waals surface area (Å²) >= 11 is 0. The number of benzene rings is 2. The summed E-state index contributed by atoms with van der Waals surface area (Å²) < 4.78 is 30.1. The first kappa shape index (κ1) is 17.7. The van der Waals surface area contributed by atoms with Crippen molar-refractivity contribution in [1.29, 1.82) is 0 Å². The number of nitrogens with one attached hydrogen (secondary N) is 1. The van der Waals surface area contributed by atoms with Crippen LogP contribution < -0.4 is 5.32 Å². The van der Waals surface area contributed by atoms with Crippen molar-refractivity contribution in [3.8, 4) is 0 Å². The molecule has 0 saturated heterocycles. The molecule has 0 amide bonds. The van der Waals surface area contributed by atoms with Crippen LogP contribution in [0.25, 0.3) is 0 Å². The average molecular weight is 345 g/mol. The van der Waals surface area contributed by atoms with Gasteiger partial charge in [-0.2, -0.15) is 0 Å². The van der Waals surface area contributed by atoms with Gasteiger partial charge in [0.1, 0.15) is 0 Å². The van der Waals surface area contributed by atoms with E-state index in [0.717, 1.165) is 25.3 Å². The minimum absolute atomic E-state index is 0.0474. The summed E-state index contributed by atoms with van der Waals surface area (Å²) in [6, 6.07) is 15.4. The van der Waals surface area contributed by atoms with E-state index in [4.69, 9.17) is 0 Å². The van der Waals surface area contributed by atoms with Crippen molar-refractivity contribution < 1.29 is 17.9 Å². The van der Waals surface area contributed by atoms with Crippen molar-refractivity contribution in [1.82, 2.24) is 0 Å². The summed E-state index contributed by atoms with van der Waals surface area (Å²) in [6.07, 6.45) is 1.96. The molecule has 0 bridgehead atoms. The normalized spacial score (nSPS) is 11.8. The second-order valence-corrected chi connectivity index (χ2v) is 6.93. The number of anilines is 1. The predicted molar refractivity (Wildman–Crippen MR) is 93.2 cm³/mol. The third-order valence-electron chi connectivity index (χ3n) is 3.46. The van der Waals surface area contributed by atoms with Gasteiger partial charge in [-0.1, -0.05) is 37.3 Å². The lowest BCUT2D eigenvalue weighted by molar-refractivity contribution is -0.135. The van der Waals surface area contributed by atoms with E-state index in [0.29, 0.717) is 5.69 Å². The molecule has 2 aromatic carbocycles. The summed E-state index contributed by atoms with van der Waals surface area (Å²) in [7, 11) is -2.84. The highest BCUT2D eigenvalue weighted by atomic mass is 32.2. The van der Waals surface area contributed by atoms with Gasteiger partial charge in [0.05, 0.1) is 12.0 Å². The van der Waals surface area contributed by atoms with Gasteiger partial charge in [0.2, 0.25) is 9.84 Å². The van der Waals surface area contributed by atoms with E-state index >= 15 is 0 Å². The number of ether oxygens (including phenoxy) is 1. The minimum atomic E-state index is -3.98. The Morgan fingerprint density at radius 3 is 2.25 bits per heavy atom. The van der Waals surface area contributed by atoms with Crippen molar-refractivity contribution in [3.05, 3.63) is 71.3 Å². The maximum Gasteiger partial charge on any atom is 0.351 e. The number of carbonyl (C=O) groups excluding carboxylic acids is 1. The molecule has 0 fully saturated rings. The van der Waals surface area contributed by atoms with Crippen LogP contribution in [0.15, 0.2) is 70.6 Å². The lowest BCUT2D eigenvalue weighted by Gasteiger charge is -2.09. The first-order valence-electron chi connectivity index (χ1n) is 7.43. The largest absolute Gasteiger partial charge is 0.465 e. The van der Waals surface area contributed by atoms with Crippen LogP contribution in [0, 0.1) is 0 Å². The maximum atomic E-state index is 12.7. The molecule has 126 valence electrons. The smallest absolute Gasteiger partial charge is 0.351 e. The Morgan fingerprint density at radius 1 is 1.08 bits per heavy atom. The van der Waals surface area contributed by atoms with E-state index in [1.807, 2.05) is 13.0 Å². The van der Waals surface area contributed by atoms with Crippen LogP contribution in [0.2, 0.25) is 0 Å². The molecule has 2 aromatic rings. The molecule has 0 atom stereocenters. The van der Waals surface area contributed by atoms with Gasteiger partial charge in [-0.15, -0.1) is 0 Å². The average Bonchev–Trinajstić information content (AvgIpc) is 2.62. The molecule has 0 aliphatic heterocycles. The third-order valence-corrected chi connectivity index (χ3v) is 5.22. The van der Waals surface area contributed by atoms with E-state index in [-0.39, 0.29) is 4.90 Å². The molecular weight excluding hydrogens is 326 g/mol. The molecule has 24 heavy (non-hydrogen) atoms. The van der Waals surface area contributed by atoms with Crippen LogP contribution in [0.4, 0.5) is 5.69 Å². The van der Waals surface area contributed by atoms with Gasteiger partial charge in [0.25, 0.3) is 0 Å². The SMILES string of the molecule is CCc1ccc(S(=O)(=O)C(=CNc2ccccc2)C(=O)OC)cc1. The third kappa shape index (κ3) is 4.02. The molecule has 0 aromatic heterocycles. The highest BCUT2D eigenvalue weighted by Gasteiger charge is 2.28. The fourth-order valence-corrected chi connectivity index (χ4v) is 3.33. The highest BCUT2D eigenvalue weighted by Crippen LogP contribution is 2.21. The molecule has 0 saturated carbocycles. The predicted octanol–water partition coefficient (Wildman–Crippen LogP) is 3.15. The van der Waals surface area contributed by atoms with Crippen LogP contribution in [0.1, 0.15) is 12.5 Å². The molecule has 5 nitrogen and oxygen atoms in total. The number of esters is 1. The molecule has 2 rings (SSSR count). The van der Waals surface area contributed by atoms with Crippen LogP contribution in [-0.2, 0) is 25.8 Å². The molecule has 1 N–H and O–H groups in total. The number of rotatable bonds is 6. The Bertz CT molecular complexity index is 825. The van der Waals surface area contributed by atoms with Gasteiger partial charge in [-0.25, -0.2) is 13.2 Å². The van der Waals surface area contributed by atoms with Crippen molar-refractivity contribution >= 4 is 21.5 Å². The Labute approximate surface area is 141 Å². The Balaban J connectivity index is 2.40. The second kappa shape index (κ2) is 7.79. The molecule has 0 radical (unpaired) electrons. The van der Waals surface area contributed by atoms with Gasteiger partial charge in [-0.05, 0) is 36.2 Å². The lowest BCUT2D eigenvalue weighted by atomic mass is 10.2. The molecule has 6 heteroatoms. The Hall–Kier alpha value is -2.60. The summed E-state index contributed by atoms with van der Waals surface area (Å²) in [4.78, 5) is 11.6. The van der Waals surface area contributed by atoms with Gasteiger partial charge >= 0.3 is 5.97 Å². The van der Waals surface area contributed by atoms with Crippen LogP contribution in [0.3, 0.4) is 0 Å². The maximum absolute atomic E-state index is 12.7. The molecule has 0 aliphatic carbocycles. The number of carbonyl (C=O) groups is 1. The van der Waals surface area contributed by atoms with Crippen molar-refractivity contribution in [2.24, 2.45) is 0 Å². The number of methoxy groups -OCH3 is 1. The number of hydrogen-bond acceptors (Lipinski definition) is 5. The monoisotopic (exact) mass is 345 g/mol. The summed E-state index contributed by atoms with van der Waals surface area (Å²) in [6.45, 7) is 1.98. The van der Waals surface area contributed by atoms with E-state index in [1.54, 1.807) is 36.4 Å². The van der Waals surface area contributed by atoms with Gasteiger partial charge in [0, 0.05) is 11.9 Å². The number of para-hydroxylation sites is 1. The van der Waals surface area contributed by atoms with E-state index in [1.165, 1.54) is 12.1 Å².